The van der Waals surface area contributed by atoms with E-state index < -0.39 is 0 Å². The molecule has 0 saturated heterocycles. The van der Waals surface area contributed by atoms with E-state index in [0.717, 1.165) is 24.9 Å². The summed E-state index contributed by atoms with van der Waals surface area (Å²) in [5.41, 5.74) is 4.05. The fourth-order valence-corrected chi connectivity index (χ4v) is 4.64. The van der Waals surface area contributed by atoms with Crippen molar-refractivity contribution in [3.8, 4) is 0 Å². The largest absolute Gasteiger partial charge is 0.357 e. The summed E-state index contributed by atoms with van der Waals surface area (Å²) in [4.78, 5) is 26.2. The summed E-state index contributed by atoms with van der Waals surface area (Å²) >= 11 is 1.48. The Morgan fingerprint density at radius 3 is 2.70 bits per heavy atom. The Balaban J connectivity index is 1.47. The van der Waals surface area contributed by atoms with Crippen LogP contribution in [0.2, 0.25) is 0 Å². The third kappa shape index (κ3) is 5.37. The topological polar surface area (TPSA) is 61.4 Å². The zero-order valence-electron chi connectivity index (χ0n) is 19.5. The summed E-state index contributed by atoms with van der Waals surface area (Å²) < 4.78 is 0. The minimum atomic E-state index is -0.0431. The Morgan fingerprint density at radius 2 is 1.94 bits per heavy atom. The number of aryl methyl sites for hydroxylation is 1. The van der Waals surface area contributed by atoms with E-state index in [-0.39, 0.29) is 5.91 Å². The molecule has 1 aromatic heterocycles. The van der Waals surface area contributed by atoms with E-state index >= 15 is 0 Å². The third-order valence-electron chi connectivity index (χ3n) is 6.16. The van der Waals surface area contributed by atoms with E-state index in [0.29, 0.717) is 35.7 Å². The van der Waals surface area contributed by atoms with E-state index in [1.807, 2.05) is 42.3 Å². The molecule has 1 unspecified atom stereocenters. The van der Waals surface area contributed by atoms with Crippen LogP contribution in [0, 0.1) is 0 Å². The number of fused-ring (bicyclic) bond motifs is 1. The Hall–Kier alpha value is -2.90. The van der Waals surface area contributed by atoms with Crippen LogP contribution in [0.25, 0.3) is 0 Å². The highest BCUT2D eigenvalue weighted by Gasteiger charge is 2.28. The lowest BCUT2D eigenvalue weighted by atomic mass is 9.99. The van der Waals surface area contributed by atoms with Crippen molar-refractivity contribution in [2.45, 2.75) is 30.5 Å². The van der Waals surface area contributed by atoms with Gasteiger partial charge in [0, 0.05) is 38.1 Å². The number of nitrogens with zero attached hydrogens (tertiary/aromatic N) is 4. The number of hydrogen-bond acceptors (Lipinski definition) is 6. The quantitative estimate of drug-likeness (QED) is 0.391. The normalized spacial score (nSPS) is 14.7. The van der Waals surface area contributed by atoms with Gasteiger partial charge in [-0.1, -0.05) is 54.2 Å². The molecule has 0 bridgehead atoms. The van der Waals surface area contributed by atoms with E-state index in [1.165, 1.54) is 22.9 Å². The van der Waals surface area contributed by atoms with Gasteiger partial charge in [-0.2, -0.15) is 0 Å². The Morgan fingerprint density at radius 1 is 1.12 bits per heavy atom. The van der Waals surface area contributed by atoms with Crippen LogP contribution < -0.4 is 15.1 Å². The number of hydrogen-bond donors (Lipinski definition) is 1. The second-order valence-electron chi connectivity index (χ2n) is 8.29. The van der Waals surface area contributed by atoms with Crippen LogP contribution in [0.5, 0.6) is 0 Å². The van der Waals surface area contributed by atoms with Crippen LogP contribution in [-0.4, -0.2) is 49.3 Å². The monoisotopic (exact) mass is 461 g/mol. The van der Waals surface area contributed by atoms with Crippen molar-refractivity contribution in [1.29, 1.82) is 0 Å². The average Bonchev–Trinajstić information content (AvgIpc) is 2.98. The molecule has 0 spiro atoms. The lowest BCUT2D eigenvalue weighted by molar-refractivity contribution is 0.0989. The first-order valence-corrected chi connectivity index (χ1v) is 12.6. The number of thioether (sulfide) groups is 1. The molecule has 2 aromatic carbocycles. The number of carbonyl (C=O) groups excluding carboxylic acids is 1. The molecule has 1 N–H and O–H groups in total. The molecule has 0 fully saturated rings. The fourth-order valence-electron chi connectivity index (χ4n) is 4.30. The average molecular weight is 462 g/mol. The number of nitrogens with one attached hydrogen (secondary N) is 1. The van der Waals surface area contributed by atoms with Crippen molar-refractivity contribution < 1.29 is 4.79 Å². The van der Waals surface area contributed by atoms with Gasteiger partial charge in [0.15, 0.2) is 5.16 Å². The van der Waals surface area contributed by atoms with Gasteiger partial charge in [0.2, 0.25) is 0 Å². The number of rotatable bonds is 8. The highest BCUT2D eigenvalue weighted by Crippen LogP contribution is 2.28. The molecule has 7 heteroatoms. The van der Waals surface area contributed by atoms with Gasteiger partial charge < -0.3 is 15.1 Å². The molecule has 0 radical (unpaired) electrons. The summed E-state index contributed by atoms with van der Waals surface area (Å²) in [5, 5.41) is 4.11. The molecule has 172 valence electrons. The van der Waals surface area contributed by atoms with Gasteiger partial charge in [0.1, 0.15) is 11.4 Å². The number of amides is 1. The molecule has 0 saturated carbocycles. The molecule has 3 aromatic rings. The van der Waals surface area contributed by atoms with Gasteiger partial charge in [-0.15, -0.1) is 0 Å². The van der Waals surface area contributed by atoms with Gasteiger partial charge in [-0.25, -0.2) is 9.97 Å². The number of aromatic nitrogens is 2. The van der Waals surface area contributed by atoms with Crippen molar-refractivity contribution in [1.82, 2.24) is 15.3 Å². The fraction of sp³-hybridized carbons (Fsp3) is 0.346. The van der Waals surface area contributed by atoms with Crippen molar-refractivity contribution in [3.05, 3.63) is 77.5 Å². The summed E-state index contributed by atoms with van der Waals surface area (Å²) in [7, 11) is 4.00. The van der Waals surface area contributed by atoms with E-state index in [2.05, 4.69) is 57.7 Å². The van der Waals surface area contributed by atoms with Crippen LogP contribution in [-0.2, 0) is 6.42 Å². The maximum atomic E-state index is 13.4. The van der Waals surface area contributed by atoms with Crippen molar-refractivity contribution in [2.75, 3.05) is 43.2 Å². The number of anilines is 2. The summed E-state index contributed by atoms with van der Waals surface area (Å²) in [6, 6.07) is 19.3. The van der Waals surface area contributed by atoms with Crippen molar-refractivity contribution in [2.24, 2.45) is 0 Å². The molecule has 1 amide bonds. The molecule has 0 aliphatic carbocycles. The zero-order valence-corrected chi connectivity index (χ0v) is 20.3. The second kappa shape index (κ2) is 10.8. The zero-order chi connectivity index (χ0) is 23.2. The highest BCUT2D eigenvalue weighted by atomic mass is 32.2. The number of carbonyl (C=O) groups is 1. The Bertz CT molecular complexity index is 1090. The maximum Gasteiger partial charge on any atom is 0.263 e. The van der Waals surface area contributed by atoms with Gasteiger partial charge in [-0.3, -0.25) is 4.79 Å². The van der Waals surface area contributed by atoms with Crippen molar-refractivity contribution in [3.63, 3.8) is 0 Å². The van der Waals surface area contributed by atoms with Gasteiger partial charge in [0.05, 0.1) is 0 Å². The standard InChI is InChI=1S/C26H31N5OS/c1-27-23(20-11-5-4-6-12-20)14-8-10-19-9-7-13-21(17-19)31-16-15-30(2)24-22(25(31)32)18-28-26(29-24)33-3/h4-7,9,11-13,17-18,23,27H,8,10,14-16H2,1-3H3. The van der Waals surface area contributed by atoms with Gasteiger partial charge >= 0.3 is 0 Å². The lowest BCUT2D eigenvalue weighted by Crippen LogP contribution is -2.33. The molecule has 33 heavy (non-hydrogen) atoms. The maximum absolute atomic E-state index is 13.4. The molecule has 2 heterocycles. The summed E-state index contributed by atoms with van der Waals surface area (Å²) in [6.07, 6.45) is 6.69. The van der Waals surface area contributed by atoms with Gasteiger partial charge in [-0.05, 0) is 55.8 Å². The first-order valence-electron chi connectivity index (χ1n) is 11.4. The second-order valence-corrected chi connectivity index (χ2v) is 9.06. The van der Waals surface area contributed by atoms with E-state index in [9.17, 15) is 4.79 Å². The van der Waals surface area contributed by atoms with Crippen molar-refractivity contribution >= 4 is 29.2 Å². The Labute approximate surface area is 200 Å². The minimum Gasteiger partial charge on any atom is -0.357 e. The highest BCUT2D eigenvalue weighted by molar-refractivity contribution is 7.98. The predicted molar refractivity (Wildman–Crippen MR) is 136 cm³/mol. The predicted octanol–water partition coefficient (Wildman–Crippen LogP) is 4.58. The Kier molecular flexibility index (Phi) is 7.62. The van der Waals surface area contributed by atoms with Crippen LogP contribution in [0.3, 0.4) is 0 Å². The van der Waals surface area contributed by atoms with E-state index in [4.69, 9.17) is 0 Å². The molecule has 1 aliphatic heterocycles. The number of benzene rings is 2. The first kappa shape index (κ1) is 23.3. The van der Waals surface area contributed by atoms with Gasteiger partial charge in [0.25, 0.3) is 5.91 Å². The third-order valence-corrected chi connectivity index (χ3v) is 6.72. The molecular formula is C26H31N5OS. The molecule has 4 rings (SSSR count). The molecule has 1 aliphatic rings. The molecule has 6 nitrogen and oxygen atoms in total. The van der Waals surface area contributed by atoms with E-state index in [1.54, 1.807) is 6.20 Å². The molecule has 1 atom stereocenters. The van der Waals surface area contributed by atoms with Crippen LogP contribution in [0.15, 0.2) is 66.0 Å². The first-order chi connectivity index (χ1) is 16.1. The SMILES string of the molecule is CNC(CCCc1cccc(N2CCN(C)c3nc(SC)ncc3C2=O)c1)c1ccccc1. The van der Waals surface area contributed by atoms with Crippen LogP contribution in [0.1, 0.15) is 40.4 Å². The summed E-state index contributed by atoms with van der Waals surface area (Å²) in [5.74, 6) is 0.663. The van der Waals surface area contributed by atoms with Crippen LogP contribution >= 0.6 is 11.8 Å². The molecular weight excluding hydrogens is 430 g/mol. The lowest BCUT2D eigenvalue weighted by Gasteiger charge is -2.22. The smallest absolute Gasteiger partial charge is 0.263 e. The number of likely N-dealkylation sites (N-methyl/N-ethyl adjacent to an activating group) is 1. The van der Waals surface area contributed by atoms with Crippen LogP contribution in [0.4, 0.5) is 11.5 Å². The summed E-state index contributed by atoms with van der Waals surface area (Å²) in [6.45, 7) is 1.33. The minimum absolute atomic E-state index is 0.0431.